The van der Waals surface area contributed by atoms with Crippen LogP contribution < -0.4 is 4.72 Å². The van der Waals surface area contributed by atoms with Gasteiger partial charge in [0.15, 0.2) is 0 Å². The van der Waals surface area contributed by atoms with Gasteiger partial charge in [-0.15, -0.1) is 0 Å². The summed E-state index contributed by atoms with van der Waals surface area (Å²) in [5.74, 6) is 0. The normalized spacial score (nSPS) is 16.8. The molecule has 0 saturated carbocycles. The monoisotopic (exact) mass is 462 g/mol. The average Bonchev–Trinajstić information content (AvgIpc) is 3.26. The van der Waals surface area contributed by atoms with Crippen molar-refractivity contribution in [2.75, 3.05) is 19.6 Å². The van der Waals surface area contributed by atoms with Crippen molar-refractivity contribution in [1.29, 1.82) is 0 Å². The predicted molar refractivity (Wildman–Crippen MR) is 136 cm³/mol. The molecule has 174 valence electrons. The zero-order valence-corrected chi connectivity index (χ0v) is 20.2. The molecular weight excluding hydrogens is 428 g/mol. The molecule has 1 saturated heterocycles. The van der Waals surface area contributed by atoms with Crippen LogP contribution in [0.15, 0.2) is 83.8 Å². The summed E-state index contributed by atoms with van der Waals surface area (Å²) in [5, 5.41) is 0. The molecule has 5 heteroatoms. The molecular formula is C28H34N2O2S. The van der Waals surface area contributed by atoms with Gasteiger partial charge >= 0.3 is 0 Å². The number of hydrogen-bond acceptors (Lipinski definition) is 3. The first-order valence-electron chi connectivity index (χ1n) is 12.0. The summed E-state index contributed by atoms with van der Waals surface area (Å²) in [6.45, 7) is 5.08. The van der Waals surface area contributed by atoms with Gasteiger partial charge in [-0.1, -0.05) is 66.7 Å². The summed E-state index contributed by atoms with van der Waals surface area (Å²) in [7, 11) is -3.50. The molecule has 33 heavy (non-hydrogen) atoms. The Kier molecular flexibility index (Phi) is 7.97. The van der Waals surface area contributed by atoms with E-state index in [0.29, 0.717) is 17.5 Å². The quantitative estimate of drug-likeness (QED) is 0.417. The van der Waals surface area contributed by atoms with Gasteiger partial charge in [0.2, 0.25) is 10.0 Å². The molecule has 0 aliphatic carbocycles. The van der Waals surface area contributed by atoms with Gasteiger partial charge < -0.3 is 4.90 Å². The molecule has 0 unspecified atom stereocenters. The van der Waals surface area contributed by atoms with Gasteiger partial charge in [-0.05, 0) is 80.0 Å². The van der Waals surface area contributed by atoms with Crippen LogP contribution in [0.25, 0.3) is 11.1 Å². The third-order valence-electron chi connectivity index (χ3n) is 6.61. The van der Waals surface area contributed by atoms with Crippen molar-refractivity contribution < 1.29 is 8.42 Å². The zero-order chi connectivity index (χ0) is 23.1. The number of nitrogens with one attached hydrogen (secondary N) is 1. The van der Waals surface area contributed by atoms with Crippen LogP contribution in [-0.4, -0.2) is 39.0 Å². The van der Waals surface area contributed by atoms with Crippen LogP contribution >= 0.6 is 0 Å². The lowest BCUT2D eigenvalue weighted by Gasteiger charge is -2.20. The minimum Gasteiger partial charge on any atom is -0.300 e. The number of hydrogen-bond donors (Lipinski definition) is 1. The largest absolute Gasteiger partial charge is 0.300 e. The molecule has 0 amide bonds. The Morgan fingerprint density at radius 3 is 2.12 bits per heavy atom. The molecule has 0 radical (unpaired) electrons. The molecule has 0 aromatic heterocycles. The Hall–Kier alpha value is -2.47. The highest BCUT2D eigenvalue weighted by Gasteiger charge is 2.19. The van der Waals surface area contributed by atoms with Crippen molar-refractivity contribution >= 4 is 10.0 Å². The molecule has 0 spiro atoms. The molecule has 0 bridgehead atoms. The Morgan fingerprint density at radius 1 is 0.848 bits per heavy atom. The van der Waals surface area contributed by atoms with Gasteiger partial charge in [-0.3, -0.25) is 0 Å². The SMILES string of the molecule is C[C@@H]1CCCN1CCc1ccc(-c2ccc(S(=O)(=O)NCCCc3ccccc3)cc2)cc1. The predicted octanol–water partition coefficient (Wildman–Crippen LogP) is 5.29. The smallest absolute Gasteiger partial charge is 0.240 e. The maximum atomic E-state index is 12.6. The minimum atomic E-state index is -3.50. The fraction of sp³-hybridized carbons (Fsp3) is 0.357. The van der Waals surface area contributed by atoms with Crippen molar-refractivity contribution in [1.82, 2.24) is 9.62 Å². The lowest BCUT2D eigenvalue weighted by atomic mass is 10.0. The number of sulfonamides is 1. The maximum Gasteiger partial charge on any atom is 0.240 e. The average molecular weight is 463 g/mol. The fourth-order valence-electron chi connectivity index (χ4n) is 4.52. The summed E-state index contributed by atoms with van der Waals surface area (Å²) in [6.07, 6.45) is 5.32. The van der Waals surface area contributed by atoms with E-state index in [9.17, 15) is 8.42 Å². The van der Waals surface area contributed by atoms with Crippen LogP contribution in [0.3, 0.4) is 0 Å². The van der Waals surface area contributed by atoms with E-state index < -0.39 is 10.0 Å². The first-order valence-corrected chi connectivity index (χ1v) is 13.5. The van der Waals surface area contributed by atoms with Crippen molar-refractivity contribution in [2.45, 2.75) is 50.0 Å². The zero-order valence-electron chi connectivity index (χ0n) is 19.4. The summed E-state index contributed by atoms with van der Waals surface area (Å²) >= 11 is 0. The van der Waals surface area contributed by atoms with Crippen LogP contribution in [0.2, 0.25) is 0 Å². The highest BCUT2D eigenvalue weighted by atomic mass is 32.2. The lowest BCUT2D eigenvalue weighted by molar-refractivity contribution is 0.272. The second-order valence-corrected chi connectivity index (χ2v) is 10.8. The Balaban J connectivity index is 1.29. The summed E-state index contributed by atoms with van der Waals surface area (Å²) in [4.78, 5) is 2.88. The van der Waals surface area contributed by atoms with Crippen molar-refractivity contribution in [3.05, 3.63) is 90.0 Å². The van der Waals surface area contributed by atoms with E-state index in [2.05, 4.69) is 52.9 Å². The Labute approximate surface area is 198 Å². The van der Waals surface area contributed by atoms with Crippen LogP contribution in [-0.2, 0) is 22.9 Å². The minimum absolute atomic E-state index is 0.308. The van der Waals surface area contributed by atoms with E-state index in [0.717, 1.165) is 36.9 Å². The summed E-state index contributed by atoms with van der Waals surface area (Å²) in [6, 6.07) is 26.6. The van der Waals surface area contributed by atoms with Gasteiger partial charge in [-0.25, -0.2) is 13.1 Å². The van der Waals surface area contributed by atoms with Gasteiger partial charge in [-0.2, -0.15) is 0 Å². The Morgan fingerprint density at radius 2 is 1.48 bits per heavy atom. The highest BCUT2D eigenvalue weighted by Crippen LogP contribution is 2.23. The van der Waals surface area contributed by atoms with E-state index >= 15 is 0 Å². The third kappa shape index (κ3) is 6.53. The first kappa shape index (κ1) is 23.7. The molecule has 1 fully saturated rings. The standard InChI is InChI=1S/C28H34N2O2S/c1-23-7-6-21-30(23)22-19-25-11-13-26(14-12-25)27-15-17-28(18-16-27)33(31,32)29-20-5-10-24-8-3-2-4-9-24/h2-4,8-9,11-18,23,29H,5-7,10,19-22H2,1H3/t23-/m1/s1. The summed E-state index contributed by atoms with van der Waals surface area (Å²) in [5.41, 5.74) is 4.69. The highest BCUT2D eigenvalue weighted by molar-refractivity contribution is 7.89. The molecule has 1 heterocycles. The van der Waals surface area contributed by atoms with E-state index in [-0.39, 0.29) is 0 Å². The van der Waals surface area contributed by atoms with Crippen molar-refractivity contribution in [3.63, 3.8) is 0 Å². The molecule has 1 aliphatic rings. The van der Waals surface area contributed by atoms with E-state index in [1.807, 2.05) is 30.3 Å². The van der Waals surface area contributed by atoms with Crippen molar-refractivity contribution in [3.8, 4) is 11.1 Å². The summed E-state index contributed by atoms with van der Waals surface area (Å²) < 4.78 is 28.0. The van der Waals surface area contributed by atoms with Gasteiger partial charge in [0.05, 0.1) is 4.90 Å². The number of nitrogens with zero attached hydrogens (tertiary/aromatic N) is 1. The molecule has 4 nitrogen and oxygen atoms in total. The molecule has 3 aromatic carbocycles. The van der Waals surface area contributed by atoms with E-state index in [4.69, 9.17) is 0 Å². The van der Waals surface area contributed by atoms with E-state index in [1.54, 1.807) is 12.1 Å². The van der Waals surface area contributed by atoms with Crippen LogP contribution in [0.5, 0.6) is 0 Å². The van der Waals surface area contributed by atoms with Gasteiger partial charge in [0.1, 0.15) is 0 Å². The van der Waals surface area contributed by atoms with Crippen LogP contribution in [0.1, 0.15) is 37.3 Å². The number of likely N-dealkylation sites (tertiary alicyclic amines) is 1. The molecule has 3 aromatic rings. The third-order valence-corrected chi connectivity index (χ3v) is 8.08. The van der Waals surface area contributed by atoms with Crippen LogP contribution in [0.4, 0.5) is 0 Å². The van der Waals surface area contributed by atoms with E-state index in [1.165, 1.54) is 30.5 Å². The van der Waals surface area contributed by atoms with Crippen molar-refractivity contribution in [2.24, 2.45) is 0 Å². The first-order chi connectivity index (χ1) is 16.0. The van der Waals surface area contributed by atoms with Gasteiger partial charge in [0, 0.05) is 19.1 Å². The fourth-order valence-corrected chi connectivity index (χ4v) is 5.59. The van der Waals surface area contributed by atoms with Gasteiger partial charge in [0.25, 0.3) is 0 Å². The second kappa shape index (κ2) is 11.1. The number of benzene rings is 3. The molecule has 1 atom stereocenters. The number of rotatable bonds is 10. The Bertz CT molecular complexity index is 1110. The topological polar surface area (TPSA) is 49.4 Å². The second-order valence-electron chi connectivity index (χ2n) is 8.99. The molecule has 1 N–H and O–H groups in total. The molecule has 1 aliphatic heterocycles. The lowest BCUT2D eigenvalue weighted by Crippen LogP contribution is -2.28. The maximum absolute atomic E-state index is 12.6. The van der Waals surface area contributed by atoms with Crippen LogP contribution in [0, 0.1) is 0 Å². The number of aryl methyl sites for hydroxylation is 1. The molecule has 4 rings (SSSR count).